The Morgan fingerprint density at radius 3 is 2.57 bits per heavy atom. The Balaban J connectivity index is 1.30. The van der Waals surface area contributed by atoms with Crippen molar-refractivity contribution in [3.8, 4) is 11.5 Å². The molecule has 0 amide bonds. The number of aryl methyl sites for hydroxylation is 1. The van der Waals surface area contributed by atoms with E-state index < -0.39 is 0 Å². The summed E-state index contributed by atoms with van der Waals surface area (Å²) in [7, 11) is 1.56. The van der Waals surface area contributed by atoms with Gasteiger partial charge >= 0.3 is 0 Å². The van der Waals surface area contributed by atoms with Gasteiger partial charge in [-0.1, -0.05) is 90.2 Å². The van der Waals surface area contributed by atoms with Crippen LogP contribution in [0.5, 0.6) is 11.5 Å². The van der Waals surface area contributed by atoms with Crippen LogP contribution in [-0.2, 0) is 13.0 Å². The van der Waals surface area contributed by atoms with E-state index in [1.807, 2.05) is 47.0 Å². The van der Waals surface area contributed by atoms with Gasteiger partial charge in [0.25, 0.3) is 5.56 Å². The number of rotatable bonds is 6. The van der Waals surface area contributed by atoms with Gasteiger partial charge in [-0.05, 0) is 59.4 Å². The molecule has 1 aliphatic heterocycles. The summed E-state index contributed by atoms with van der Waals surface area (Å²) in [6.45, 7) is 0.0776. The van der Waals surface area contributed by atoms with Gasteiger partial charge in [0.1, 0.15) is 12.4 Å². The highest BCUT2D eigenvalue weighted by Gasteiger charge is 2.32. The van der Waals surface area contributed by atoms with Crippen LogP contribution in [0.4, 0.5) is 4.39 Å². The number of aromatic nitrogens is 1. The predicted octanol–water partition coefficient (Wildman–Crippen LogP) is 6.05. The van der Waals surface area contributed by atoms with Gasteiger partial charge in [0.05, 0.1) is 23.4 Å². The fraction of sp³-hybridized carbons (Fsp3) is 0.143. The number of hydrogen-bond donors (Lipinski definition) is 0. The van der Waals surface area contributed by atoms with Crippen molar-refractivity contribution in [3.63, 3.8) is 0 Å². The van der Waals surface area contributed by atoms with Gasteiger partial charge in [-0.25, -0.2) is 9.38 Å². The normalized spacial score (nSPS) is 15.9. The van der Waals surface area contributed by atoms with Crippen LogP contribution in [0.25, 0.3) is 11.8 Å². The molecule has 0 fully saturated rings. The van der Waals surface area contributed by atoms with Gasteiger partial charge in [0, 0.05) is 11.1 Å². The van der Waals surface area contributed by atoms with E-state index in [2.05, 4.69) is 30.3 Å². The maximum atomic E-state index is 14.1. The Morgan fingerprint density at radius 1 is 0.952 bits per heavy atom. The summed E-state index contributed by atoms with van der Waals surface area (Å²) in [5.74, 6) is 0.680. The molecule has 0 saturated heterocycles. The topological polar surface area (TPSA) is 52.8 Å². The van der Waals surface area contributed by atoms with Crippen molar-refractivity contribution in [3.05, 3.63) is 156 Å². The molecule has 1 aliphatic carbocycles. The van der Waals surface area contributed by atoms with Crippen LogP contribution in [0, 0.1) is 5.82 Å². The minimum Gasteiger partial charge on any atom is -0.493 e. The number of benzene rings is 4. The molecule has 4 aromatic carbocycles. The molecule has 2 aliphatic rings. The number of hydrogen-bond acceptors (Lipinski definition) is 5. The van der Waals surface area contributed by atoms with Crippen LogP contribution in [0.15, 0.2) is 112 Å². The zero-order valence-corrected chi connectivity index (χ0v) is 23.7. The Morgan fingerprint density at radius 2 is 1.74 bits per heavy atom. The molecule has 2 heterocycles. The number of methoxy groups -OCH3 is 1. The van der Waals surface area contributed by atoms with Crippen molar-refractivity contribution in [2.45, 2.75) is 25.5 Å². The van der Waals surface area contributed by atoms with Gasteiger partial charge < -0.3 is 9.47 Å². The quantitative estimate of drug-likeness (QED) is 0.248. The largest absolute Gasteiger partial charge is 0.493 e. The van der Waals surface area contributed by atoms with Crippen LogP contribution in [0.2, 0.25) is 0 Å². The van der Waals surface area contributed by atoms with E-state index in [0.29, 0.717) is 26.4 Å². The van der Waals surface area contributed by atoms with Gasteiger partial charge in [-0.3, -0.25) is 9.36 Å². The first kappa shape index (κ1) is 26.2. The zero-order valence-electron chi connectivity index (χ0n) is 22.9. The van der Waals surface area contributed by atoms with Crippen LogP contribution >= 0.6 is 11.3 Å². The lowest BCUT2D eigenvalue weighted by atomic mass is 9.83. The zero-order chi connectivity index (χ0) is 28.6. The molecule has 5 nitrogen and oxygen atoms in total. The Hall–Kier alpha value is -4.75. The highest BCUT2D eigenvalue weighted by Crippen LogP contribution is 2.41. The molecule has 5 aromatic rings. The Kier molecular flexibility index (Phi) is 6.80. The van der Waals surface area contributed by atoms with E-state index in [1.54, 1.807) is 31.4 Å². The first-order valence-corrected chi connectivity index (χ1v) is 14.6. The average Bonchev–Trinajstić information content (AvgIpc) is 3.34. The molecule has 0 N–H and O–H groups in total. The molecule has 0 spiro atoms. The molecule has 0 radical (unpaired) electrons. The molecular formula is C35H27FN2O3S. The van der Waals surface area contributed by atoms with Crippen molar-refractivity contribution in [1.29, 1.82) is 0 Å². The molecule has 42 heavy (non-hydrogen) atoms. The number of thiazole rings is 1. The summed E-state index contributed by atoms with van der Waals surface area (Å²) in [6.07, 6.45) is 3.64. The maximum Gasteiger partial charge on any atom is 0.271 e. The summed E-state index contributed by atoms with van der Waals surface area (Å²) in [5.41, 5.74) is 6.85. The second-order valence-corrected chi connectivity index (χ2v) is 11.3. The molecule has 1 atom stereocenters. The van der Waals surface area contributed by atoms with E-state index in [-0.39, 0.29) is 24.0 Å². The van der Waals surface area contributed by atoms with Gasteiger partial charge in [-0.2, -0.15) is 0 Å². The summed E-state index contributed by atoms with van der Waals surface area (Å²) in [4.78, 5) is 19.8. The van der Waals surface area contributed by atoms with E-state index in [1.165, 1.54) is 28.5 Å². The van der Waals surface area contributed by atoms with Gasteiger partial charge in [0.15, 0.2) is 16.3 Å². The van der Waals surface area contributed by atoms with Crippen molar-refractivity contribution >= 4 is 23.1 Å². The smallest absolute Gasteiger partial charge is 0.271 e. The van der Waals surface area contributed by atoms with E-state index in [4.69, 9.17) is 14.5 Å². The van der Waals surface area contributed by atoms with Crippen molar-refractivity contribution < 1.29 is 13.9 Å². The van der Waals surface area contributed by atoms with Crippen LogP contribution in [0.3, 0.4) is 0 Å². The van der Waals surface area contributed by atoms with Crippen molar-refractivity contribution in [2.24, 2.45) is 4.99 Å². The monoisotopic (exact) mass is 574 g/mol. The molecule has 7 rings (SSSR count). The fourth-order valence-electron chi connectivity index (χ4n) is 5.77. The van der Waals surface area contributed by atoms with Gasteiger partial charge in [0.2, 0.25) is 0 Å². The van der Waals surface area contributed by atoms with Crippen LogP contribution in [0.1, 0.15) is 40.3 Å². The van der Waals surface area contributed by atoms with Crippen LogP contribution < -0.4 is 24.4 Å². The number of ether oxygens (including phenoxy) is 2. The fourth-order valence-corrected chi connectivity index (χ4v) is 6.77. The highest BCUT2D eigenvalue weighted by atomic mass is 32.1. The predicted molar refractivity (Wildman–Crippen MR) is 163 cm³/mol. The first-order chi connectivity index (χ1) is 20.6. The molecule has 7 heteroatoms. The first-order valence-electron chi connectivity index (χ1n) is 13.8. The molecular weight excluding hydrogens is 547 g/mol. The van der Waals surface area contributed by atoms with Crippen LogP contribution in [-0.4, -0.2) is 11.7 Å². The summed E-state index contributed by atoms with van der Waals surface area (Å²) < 4.78 is 28.0. The number of halogens is 1. The molecule has 1 aromatic heterocycles. The summed E-state index contributed by atoms with van der Waals surface area (Å²) in [6, 6.07) is 30.4. The second-order valence-electron chi connectivity index (χ2n) is 10.3. The lowest BCUT2D eigenvalue weighted by Gasteiger charge is -2.30. The van der Waals surface area contributed by atoms with Crippen molar-refractivity contribution in [2.75, 3.05) is 7.11 Å². The Bertz CT molecular complexity index is 2030. The van der Waals surface area contributed by atoms with E-state index >= 15 is 0 Å². The third-order valence-corrected chi connectivity index (χ3v) is 8.80. The molecule has 208 valence electrons. The standard InChI is InChI=1S/C35H27FN2O3S/c1-40-30-19-22(15-18-29(30)41-21-25-12-6-8-14-28(25)36)20-31-34(39)38-33(24-10-3-2-4-11-24)27-17-16-23-9-5-7-13-26(23)32(27)37-35(38)42-31/h2-15,18-20,33H,16-17,21H2,1H3/b31-20-/t33-/m1/s1. The number of allylic oxidation sites excluding steroid dienone is 1. The second kappa shape index (κ2) is 10.9. The van der Waals surface area contributed by atoms with Crippen molar-refractivity contribution in [1.82, 2.24) is 4.57 Å². The molecule has 0 unspecified atom stereocenters. The minimum absolute atomic E-state index is 0.0724. The molecule has 0 saturated carbocycles. The third-order valence-electron chi connectivity index (χ3n) is 7.81. The lowest BCUT2D eigenvalue weighted by Crippen LogP contribution is -2.38. The number of fused-ring (bicyclic) bond motifs is 3. The lowest BCUT2D eigenvalue weighted by molar-refractivity contribution is 0.279. The Labute approximate surface area is 246 Å². The van der Waals surface area contributed by atoms with Gasteiger partial charge in [-0.15, -0.1) is 0 Å². The SMILES string of the molecule is COc1cc(/C=c2\sc3n(c2=O)[C@H](c2ccccc2)C2=C(N=3)c3ccccc3CC2)ccc1OCc1ccccc1F. The van der Waals surface area contributed by atoms with E-state index in [0.717, 1.165) is 35.2 Å². The number of nitrogens with zero attached hydrogens (tertiary/aromatic N) is 2. The third kappa shape index (κ3) is 4.65. The maximum absolute atomic E-state index is 14.1. The highest BCUT2D eigenvalue weighted by molar-refractivity contribution is 7.07. The summed E-state index contributed by atoms with van der Waals surface area (Å²) in [5, 5.41) is 0. The average molecular weight is 575 g/mol. The molecule has 0 bridgehead atoms. The summed E-state index contributed by atoms with van der Waals surface area (Å²) >= 11 is 1.39. The minimum atomic E-state index is -0.317. The van der Waals surface area contributed by atoms with E-state index in [9.17, 15) is 9.18 Å².